The number of benzene rings is 1. The third-order valence-electron chi connectivity index (χ3n) is 4.21. The van der Waals surface area contributed by atoms with E-state index in [1.54, 1.807) is 26.3 Å². The number of methoxy groups -OCH3 is 1. The molecule has 0 heterocycles. The molecule has 1 atom stereocenters. The molecule has 0 aliphatic heterocycles. The third-order valence-corrected chi connectivity index (χ3v) is 4.21. The van der Waals surface area contributed by atoms with Crippen LogP contribution in [0.5, 0.6) is 0 Å². The van der Waals surface area contributed by atoms with Gasteiger partial charge in [0.15, 0.2) is 5.96 Å². The van der Waals surface area contributed by atoms with Gasteiger partial charge >= 0.3 is 0 Å². The summed E-state index contributed by atoms with van der Waals surface area (Å²) >= 11 is 0. The highest BCUT2D eigenvalue weighted by atomic mass is 127. The maximum absolute atomic E-state index is 13.0. The predicted octanol–water partition coefficient (Wildman–Crippen LogP) is 1.22. The molecule has 0 aromatic heterocycles. The fourth-order valence-corrected chi connectivity index (χ4v) is 2.57. The molecule has 0 saturated carbocycles. The number of nitrogens with one attached hydrogen (secondary N) is 2. The SMILES string of the molecule is CN=C(NCCN(C)CCCOC)NCC(Cc1ccc(F)cc1)C(N)=O.I. The number of amides is 1. The Bertz CT molecular complexity index is 586. The van der Waals surface area contributed by atoms with Crippen molar-refractivity contribution in [1.82, 2.24) is 15.5 Å². The molecular formula is C19H33FIN5O2. The average molecular weight is 509 g/mol. The van der Waals surface area contributed by atoms with Crippen molar-refractivity contribution in [3.8, 4) is 0 Å². The van der Waals surface area contributed by atoms with Gasteiger partial charge in [0, 0.05) is 46.9 Å². The monoisotopic (exact) mass is 509 g/mol. The summed E-state index contributed by atoms with van der Waals surface area (Å²) in [7, 11) is 5.43. The Morgan fingerprint density at radius 2 is 1.96 bits per heavy atom. The van der Waals surface area contributed by atoms with Crippen molar-refractivity contribution in [2.24, 2.45) is 16.6 Å². The molecule has 160 valence electrons. The quantitative estimate of drug-likeness (QED) is 0.171. The van der Waals surface area contributed by atoms with Gasteiger partial charge in [0.25, 0.3) is 0 Å². The van der Waals surface area contributed by atoms with Crippen LogP contribution in [-0.4, -0.2) is 70.8 Å². The smallest absolute Gasteiger partial charge is 0.222 e. The number of likely N-dealkylation sites (N-methyl/N-ethyl adjacent to an activating group) is 1. The van der Waals surface area contributed by atoms with Gasteiger partial charge in [0.2, 0.25) is 5.91 Å². The maximum atomic E-state index is 13.0. The Balaban J connectivity index is 0.00000729. The van der Waals surface area contributed by atoms with Gasteiger partial charge in [-0.1, -0.05) is 12.1 Å². The Morgan fingerprint density at radius 1 is 1.29 bits per heavy atom. The maximum Gasteiger partial charge on any atom is 0.222 e. The van der Waals surface area contributed by atoms with Gasteiger partial charge in [-0.25, -0.2) is 4.39 Å². The molecule has 28 heavy (non-hydrogen) atoms. The zero-order valence-corrected chi connectivity index (χ0v) is 19.2. The zero-order chi connectivity index (χ0) is 20.1. The average Bonchev–Trinajstić information content (AvgIpc) is 2.64. The number of nitrogens with two attached hydrogens (primary N) is 1. The molecule has 0 bridgehead atoms. The molecule has 0 spiro atoms. The molecule has 0 aliphatic rings. The lowest BCUT2D eigenvalue weighted by Gasteiger charge is -2.19. The largest absolute Gasteiger partial charge is 0.385 e. The summed E-state index contributed by atoms with van der Waals surface area (Å²) in [6.45, 7) is 3.66. The van der Waals surface area contributed by atoms with Crippen LogP contribution in [0.25, 0.3) is 0 Å². The van der Waals surface area contributed by atoms with Gasteiger partial charge in [-0.3, -0.25) is 9.79 Å². The van der Waals surface area contributed by atoms with E-state index in [1.165, 1.54) is 12.1 Å². The molecular weight excluding hydrogens is 476 g/mol. The van der Waals surface area contributed by atoms with Crippen LogP contribution in [0.15, 0.2) is 29.3 Å². The van der Waals surface area contributed by atoms with E-state index in [-0.39, 0.29) is 29.8 Å². The molecule has 1 unspecified atom stereocenters. The second kappa shape index (κ2) is 15.5. The van der Waals surface area contributed by atoms with Crippen LogP contribution < -0.4 is 16.4 Å². The van der Waals surface area contributed by atoms with E-state index >= 15 is 0 Å². The molecule has 1 rings (SSSR count). The molecule has 4 N–H and O–H groups in total. The molecule has 7 nitrogen and oxygen atoms in total. The number of nitrogens with zero attached hydrogens (tertiary/aromatic N) is 2. The number of ether oxygens (including phenoxy) is 1. The van der Waals surface area contributed by atoms with E-state index in [2.05, 4.69) is 27.6 Å². The number of carbonyl (C=O) groups excluding carboxylic acids is 1. The van der Waals surface area contributed by atoms with Gasteiger partial charge in [-0.05, 0) is 37.6 Å². The highest BCUT2D eigenvalue weighted by molar-refractivity contribution is 14.0. The van der Waals surface area contributed by atoms with E-state index in [0.717, 1.165) is 38.2 Å². The molecule has 9 heteroatoms. The fourth-order valence-electron chi connectivity index (χ4n) is 2.57. The first kappa shape index (κ1) is 26.5. The standard InChI is InChI=1S/C19H32FN5O2.HI/c1-22-19(23-9-11-25(2)10-4-12-27-3)24-14-16(18(21)26)13-15-5-7-17(20)8-6-15;/h5-8,16H,4,9-14H2,1-3H3,(H2,21,26)(H2,22,23,24);1H. The summed E-state index contributed by atoms with van der Waals surface area (Å²) in [5.41, 5.74) is 6.37. The van der Waals surface area contributed by atoms with Gasteiger partial charge < -0.3 is 26.0 Å². The fraction of sp³-hybridized carbons (Fsp3) is 0.579. The summed E-state index contributed by atoms with van der Waals surface area (Å²) in [5.74, 6) is -0.499. The minimum atomic E-state index is -0.411. The normalized spacial score (nSPS) is 12.4. The number of aliphatic imine (C=N–C) groups is 1. The van der Waals surface area contributed by atoms with E-state index in [1.807, 2.05) is 0 Å². The van der Waals surface area contributed by atoms with Crippen molar-refractivity contribution < 1.29 is 13.9 Å². The van der Waals surface area contributed by atoms with Crippen molar-refractivity contribution in [2.45, 2.75) is 12.8 Å². The van der Waals surface area contributed by atoms with E-state index in [9.17, 15) is 9.18 Å². The Hall–Kier alpha value is -1.46. The van der Waals surface area contributed by atoms with Crippen LogP contribution in [0.2, 0.25) is 0 Å². The summed E-state index contributed by atoms with van der Waals surface area (Å²) in [6, 6.07) is 6.09. The summed E-state index contributed by atoms with van der Waals surface area (Å²) in [5, 5.41) is 6.35. The van der Waals surface area contributed by atoms with E-state index in [0.29, 0.717) is 18.9 Å². The number of guanidine groups is 1. The highest BCUT2D eigenvalue weighted by Gasteiger charge is 2.16. The van der Waals surface area contributed by atoms with Crippen LogP contribution >= 0.6 is 24.0 Å². The molecule has 0 aliphatic carbocycles. The molecule has 0 fully saturated rings. The van der Waals surface area contributed by atoms with Gasteiger partial charge in [0.05, 0.1) is 5.92 Å². The summed E-state index contributed by atoms with van der Waals surface area (Å²) in [4.78, 5) is 18.1. The molecule has 1 aromatic carbocycles. The number of carbonyl (C=O) groups is 1. The lowest BCUT2D eigenvalue weighted by Crippen LogP contribution is -2.45. The van der Waals surface area contributed by atoms with Gasteiger partial charge in [-0.15, -0.1) is 24.0 Å². The molecule has 1 amide bonds. The Morgan fingerprint density at radius 3 is 2.54 bits per heavy atom. The van der Waals surface area contributed by atoms with Crippen molar-refractivity contribution >= 4 is 35.8 Å². The summed E-state index contributed by atoms with van der Waals surface area (Å²) < 4.78 is 18.1. The first-order valence-electron chi connectivity index (χ1n) is 9.12. The lowest BCUT2D eigenvalue weighted by molar-refractivity contribution is -0.121. The van der Waals surface area contributed by atoms with Crippen molar-refractivity contribution in [2.75, 3.05) is 54.0 Å². The first-order valence-corrected chi connectivity index (χ1v) is 9.12. The first-order chi connectivity index (χ1) is 13.0. The van der Waals surface area contributed by atoms with Crippen LogP contribution in [-0.2, 0) is 16.0 Å². The van der Waals surface area contributed by atoms with Crippen molar-refractivity contribution in [1.29, 1.82) is 0 Å². The minimum Gasteiger partial charge on any atom is -0.385 e. The number of primary amides is 1. The molecule has 0 saturated heterocycles. The van der Waals surface area contributed by atoms with Crippen molar-refractivity contribution in [3.05, 3.63) is 35.6 Å². The van der Waals surface area contributed by atoms with Crippen LogP contribution in [0.3, 0.4) is 0 Å². The molecule has 1 aromatic rings. The topological polar surface area (TPSA) is 92.0 Å². The minimum absolute atomic E-state index is 0. The van der Waals surface area contributed by atoms with E-state index in [4.69, 9.17) is 10.5 Å². The zero-order valence-electron chi connectivity index (χ0n) is 16.9. The summed E-state index contributed by atoms with van der Waals surface area (Å²) in [6.07, 6.45) is 1.44. The van der Waals surface area contributed by atoms with Crippen LogP contribution in [0.4, 0.5) is 4.39 Å². The lowest BCUT2D eigenvalue weighted by atomic mass is 9.98. The predicted molar refractivity (Wildman–Crippen MR) is 122 cm³/mol. The Labute approximate surface area is 184 Å². The number of hydrogen-bond acceptors (Lipinski definition) is 4. The molecule has 0 radical (unpaired) electrons. The van der Waals surface area contributed by atoms with Crippen LogP contribution in [0.1, 0.15) is 12.0 Å². The van der Waals surface area contributed by atoms with E-state index < -0.39 is 11.8 Å². The number of hydrogen-bond donors (Lipinski definition) is 3. The van der Waals surface area contributed by atoms with Gasteiger partial charge in [0.1, 0.15) is 5.82 Å². The van der Waals surface area contributed by atoms with Gasteiger partial charge in [-0.2, -0.15) is 0 Å². The number of halogens is 2. The Kier molecular flexibility index (Phi) is 14.7. The van der Waals surface area contributed by atoms with Crippen LogP contribution in [0, 0.1) is 11.7 Å². The second-order valence-electron chi connectivity index (χ2n) is 6.46. The second-order valence-corrected chi connectivity index (χ2v) is 6.46. The van der Waals surface area contributed by atoms with Crippen molar-refractivity contribution in [3.63, 3.8) is 0 Å². The third kappa shape index (κ3) is 11.4. The number of rotatable bonds is 12. The highest BCUT2D eigenvalue weighted by Crippen LogP contribution is 2.09.